The molecule has 300 valence electrons. The molecule has 53 heavy (non-hydrogen) atoms. The molecule has 0 spiro atoms. The molecule has 0 N–H and O–H groups in total. The summed E-state index contributed by atoms with van der Waals surface area (Å²) in [4.78, 5) is 61.8. The lowest BCUT2D eigenvalue weighted by atomic mass is 10.3. The normalized spacial score (nSPS) is 16.5. The van der Waals surface area contributed by atoms with Crippen molar-refractivity contribution in [3.05, 3.63) is 49.1 Å². The van der Waals surface area contributed by atoms with Crippen molar-refractivity contribution in [1.29, 1.82) is 0 Å². The maximum absolute atomic E-state index is 12.4. The van der Waals surface area contributed by atoms with Gasteiger partial charge in [0.2, 0.25) is 0 Å². The smallest absolute Gasteiger partial charge is 0.332 e. The number of hydrogen-bond acceptors (Lipinski definition) is 15. The van der Waals surface area contributed by atoms with Crippen molar-refractivity contribution in [1.82, 2.24) is 29.4 Å². The van der Waals surface area contributed by atoms with Crippen molar-refractivity contribution < 1.29 is 42.9 Å². The standard InChI is InChI=1S/C38H64N6O9/c1-5-30-50-35(45)10-18-41(14-8-16-43-26-22-39(2)23-27-43)19-11-36(46)51-31-6-7-32-52-37(47)12-20-42(21-13-38(48)53-34-33-49-4)15-9-17-44-28-24-40(3)25-29-44/h10-13,18-21H,5-9,14-17,22-34H2,1-4H3/b18-10+,19-11+,20-12+,21-13+. The minimum Gasteiger partial charge on any atom is -0.463 e. The Labute approximate surface area is 316 Å². The van der Waals surface area contributed by atoms with Gasteiger partial charge in [-0.2, -0.15) is 0 Å². The first-order valence-corrected chi connectivity index (χ1v) is 18.9. The molecular formula is C38H64N6O9. The molecule has 15 heteroatoms. The van der Waals surface area contributed by atoms with Gasteiger partial charge < -0.3 is 53.1 Å². The monoisotopic (exact) mass is 748 g/mol. The van der Waals surface area contributed by atoms with Gasteiger partial charge in [0.15, 0.2) is 0 Å². The molecule has 15 nitrogen and oxygen atoms in total. The summed E-state index contributed by atoms with van der Waals surface area (Å²) in [6, 6.07) is 0. The first-order chi connectivity index (χ1) is 25.7. The van der Waals surface area contributed by atoms with E-state index in [0.717, 1.165) is 84.7 Å². The van der Waals surface area contributed by atoms with Crippen molar-refractivity contribution >= 4 is 23.9 Å². The number of carbonyl (C=O) groups excluding carboxylic acids is 4. The molecule has 2 rings (SSSR count). The predicted octanol–water partition coefficient (Wildman–Crippen LogP) is 1.93. The van der Waals surface area contributed by atoms with Gasteiger partial charge in [0, 0.05) is 122 Å². The Morgan fingerprint density at radius 1 is 0.509 bits per heavy atom. The van der Waals surface area contributed by atoms with Crippen molar-refractivity contribution in [3.63, 3.8) is 0 Å². The highest BCUT2D eigenvalue weighted by atomic mass is 16.6. The van der Waals surface area contributed by atoms with E-state index in [1.807, 2.05) is 6.92 Å². The number of unbranched alkanes of at least 4 members (excludes halogenated alkanes) is 1. The molecule has 0 saturated carbocycles. The first-order valence-electron chi connectivity index (χ1n) is 18.9. The maximum Gasteiger partial charge on any atom is 0.332 e. The van der Waals surface area contributed by atoms with Crippen LogP contribution >= 0.6 is 0 Å². The fourth-order valence-corrected chi connectivity index (χ4v) is 5.29. The molecule has 2 heterocycles. The van der Waals surface area contributed by atoms with E-state index in [-0.39, 0.29) is 19.8 Å². The van der Waals surface area contributed by atoms with Crippen LogP contribution in [0.15, 0.2) is 49.1 Å². The molecule has 0 aliphatic carbocycles. The summed E-state index contributed by atoms with van der Waals surface area (Å²) < 4.78 is 25.8. The van der Waals surface area contributed by atoms with Gasteiger partial charge in [0.05, 0.1) is 26.4 Å². The molecule has 0 unspecified atom stereocenters. The first kappa shape index (κ1) is 45.4. The minimum absolute atomic E-state index is 0.160. The second-order valence-corrected chi connectivity index (χ2v) is 13.1. The summed E-state index contributed by atoms with van der Waals surface area (Å²) in [6.45, 7) is 14.4. The number of nitrogens with zero attached hydrogens (tertiary/aromatic N) is 6. The molecule has 0 radical (unpaired) electrons. The largest absolute Gasteiger partial charge is 0.463 e. The van der Waals surface area contributed by atoms with E-state index in [4.69, 9.17) is 23.7 Å². The minimum atomic E-state index is -0.510. The van der Waals surface area contributed by atoms with E-state index in [2.05, 4.69) is 33.7 Å². The van der Waals surface area contributed by atoms with Gasteiger partial charge in [0.1, 0.15) is 6.61 Å². The highest BCUT2D eigenvalue weighted by Gasteiger charge is 2.14. The Bertz CT molecular complexity index is 1160. The van der Waals surface area contributed by atoms with Gasteiger partial charge in [-0.1, -0.05) is 6.92 Å². The Morgan fingerprint density at radius 3 is 1.23 bits per heavy atom. The van der Waals surface area contributed by atoms with Crippen LogP contribution in [0.25, 0.3) is 0 Å². The van der Waals surface area contributed by atoms with Crippen LogP contribution in [-0.2, 0) is 42.9 Å². The molecule has 2 saturated heterocycles. The van der Waals surface area contributed by atoms with Crippen LogP contribution in [0.3, 0.4) is 0 Å². The van der Waals surface area contributed by atoms with Gasteiger partial charge >= 0.3 is 23.9 Å². The summed E-state index contributed by atoms with van der Waals surface area (Å²) in [7, 11) is 5.78. The Morgan fingerprint density at radius 2 is 0.868 bits per heavy atom. The summed E-state index contributed by atoms with van der Waals surface area (Å²) in [5.74, 6) is -1.93. The number of carbonyl (C=O) groups is 4. The molecule has 2 aliphatic rings. The summed E-state index contributed by atoms with van der Waals surface area (Å²) in [6.07, 6.45) is 15.3. The molecule has 0 aromatic heterocycles. The third kappa shape index (κ3) is 23.5. The number of hydrogen-bond donors (Lipinski definition) is 0. The molecule has 0 atom stereocenters. The predicted molar refractivity (Wildman–Crippen MR) is 202 cm³/mol. The van der Waals surface area contributed by atoms with Crippen molar-refractivity contribution in [2.24, 2.45) is 0 Å². The zero-order valence-electron chi connectivity index (χ0n) is 32.5. The molecule has 0 amide bonds. The zero-order chi connectivity index (χ0) is 38.5. The fraction of sp³-hybridized carbons (Fsp3) is 0.684. The average molecular weight is 749 g/mol. The van der Waals surface area contributed by atoms with Gasteiger partial charge in [-0.15, -0.1) is 0 Å². The summed E-state index contributed by atoms with van der Waals surface area (Å²) in [5, 5.41) is 0. The van der Waals surface area contributed by atoms with Crippen LogP contribution in [0.5, 0.6) is 0 Å². The number of likely N-dealkylation sites (N-methyl/N-ethyl adjacent to an activating group) is 2. The molecular weight excluding hydrogens is 684 g/mol. The number of ether oxygens (including phenoxy) is 5. The van der Waals surface area contributed by atoms with Gasteiger partial charge in [-0.3, -0.25) is 0 Å². The lowest BCUT2D eigenvalue weighted by molar-refractivity contribution is -0.140. The Hall–Kier alpha value is -3.76. The lowest BCUT2D eigenvalue weighted by Crippen LogP contribution is -2.45. The van der Waals surface area contributed by atoms with E-state index >= 15 is 0 Å². The highest BCUT2D eigenvalue weighted by Crippen LogP contribution is 2.05. The average Bonchev–Trinajstić information content (AvgIpc) is 3.15. The van der Waals surface area contributed by atoms with Crippen molar-refractivity contribution in [2.75, 3.05) is 133 Å². The van der Waals surface area contributed by atoms with E-state index < -0.39 is 23.9 Å². The fourth-order valence-electron chi connectivity index (χ4n) is 5.29. The zero-order valence-corrected chi connectivity index (χ0v) is 32.5. The summed E-state index contributed by atoms with van der Waals surface area (Å²) in [5.41, 5.74) is 0. The topological polar surface area (TPSA) is 134 Å². The van der Waals surface area contributed by atoms with Crippen LogP contribution in [0.2, 0.25) is 0 Å². The van der Waals surface area contributed by atoms with E-state index in [1.54, 1.807) is 34.6 Å². The highest BCUT2D eigenvalue weighted by molar-refractivity contribution is 5.83. The molecule has 0 aromatic carbocycles. The van der Waals surface area contributed by atoms with Crippen molar-refractivity contribution in [2.45, 2.75) is 39.0 Å². The van der Waals surface area contributed by atoms with Crippen LogP contribution in [0.1, 0.15) is 39.0 Å². The van der Waals surface area contributed by atoms with Crippen LogP contribution in [0, 0.1) is 0 Å². The van der Waals surface area contributed by atoms with Crippen LogP contribution in [0.4, 0.5) is 0 Å². The lowest BCUT2D eigenvalue weighted by Gasteiger charge is -2.32. The Balaban J connectivity index is 1.74. The van der Waals surface area contributed by atoms with Crippen LogP contribution < -0.4 is 0 Å². The second-order valence-electron chi connectivity index (χ2n) is 13.1. The number of esters is 4. The maximum atomic E-state index is 12.4. The molecule has 0 bridgehead atoms. The SMILES string of the molecule is CCCOC(=O)/C=C/N(/C=C/C(=O)OCCCCOC(=O)/C=C/N(/C=C/C(=O)OCCOC)CCCN1CCN(C)CC1)CCCN1CCN(C)CC1. The molecule has 2 aliphatic heterocycles. The quantitative estimate of drug-likeness (QED) is 0.0552. The van der Waals surface area contributed by atoms with Gasteiger partial charge in [-0.05, 0) is 59.3 Å². The van der Waals surface area contributed by atoms with Gasteiger partial charge in [-0.25, -0.2) is 19.2 Å². The van der Waals surface area contributed by atoms with E-state index in [0.29, 0.717) is 39.1 Å². The second kappa shape index (κ2) is 28.7. The van der Waals surface area contributed by atoms with E-state index in [9.17, 15) is 19.2 Å². The number of piperazine rings is 2. The number of methoxy groups -OCH3 is 1. The van der Waals surface area contributed by atoms with Gasteiger partial charge in [0.25, 0.3) is 0 Å². The molecule has 2 fully saturated rings. The van der Waals surface area contributed by atoms with Crippen molar-refractivity contribution in [3.8, 4) is 0 Å². The summed E-state index contributed by atoms with van der Waals surface area (Å²) >= 11 is 0. The third-order valence-electron chi connectivity index (χ3n) is 8.59. The molecule has 0 aromatic rings. The Kier molecular flexibility index (Phi) is 24.6. The van der Waals surface area contributed by atoms with Crippen LogP contribution in [-0.4, -0.2) is 186 Å². The number of rotatable bonds is 26. The third-order valence-corrected chi connectivity index (χ3v) is 8.59. The van der Waals surface area contributed by atoms with E-state index in [1.165, 1.54) is 31.4 Å².